The number of hydrogen-bond donors (Lipinski definition) is 0. The Bertz CT molecular complexity index is 1180. The van der Waals surface area contributed by atoms with Crippen LogP contribution in [0, 0.1) is 6.92 Å². The first-order chi connectivity index (χ1) is 14.7. The number of benzene rings is 2. The van der Waals surface area contributed by atoms with Crippen molar-refractivity contribution in [1.82, 2.24) is 4.98 Å². The van der Waals surface area contributed by atoms with Crippen LogP contribution in [0.3, 0.4) is 0 Å². The minimum atomic E-state index is -0.453. The van der Waals surface area contributed by atoms with Gasteiger partial charge in [0.15, 0.2) is 5.70 Å². The van der Waals surface area contributed by atoms with Crippen molar-refractivity contribution >= 4 is 34.7 Å². The number of rotatable bonds is 3. The first-order valence-electron chi connectivity index (χ1n) is 10.00. The van der Waals surface area contributed by atoms with Crippen molar-refractivity contribution < 1.29 is 14.3 Å². The van der Waals surface area contributed by atoms with Crippen LogP contribution in [-0.4, -0.2) is 43.2 Å². The van der Waals surface area contributed by atoms with Crippen molar-refractivity contribution in [2.24, 2.45) is 4.99 Å². The number of carbonyl (C=O) groups is 1. The normalized spacial score (nSPS) is 18.0. The summed E-state index contributed by atoms with van der Waals surface area (Å²) < 4.78 is 10.9. The second kappa shape index (κ2) is 7.72. The number of aryl methyl sites for hydroxylation is 1. The molecule has 1 fully saturated rings. The zero-order valence-corrected chi connectivity index (χ0v) is 16.7. The van der Waals surface area contributed by atoms with E-state index >= 15 is 0 Å². The van der Waals surface area contributed by atoms with Crippen molar-refractivity contribution in [3.05, 3.63) is 77.0 Å². The van der Waals surface area contributed by atoms with Crippen molar-refractivity contribution in [2.45, 2.75) is 6.92 Å². The van der Waals surface area contributed by atoms with E-state index in [0.717, 1.165) is 46.5 Å². The third kappa shape index (κ3) is 3.46. The summed E-state index contributed by atoms with van der Waals surface area (Å²) in [6.07, 6.45) is 1.78. The van der Waals surface area contributed by atoms with Gasteiger partial charge in [-0.3, -0.25) is 0 Å². The fourth-order valence-corrected chi connectivity index (χ4v) is 3.75. The number of anilines is 1. The molecule has 0 saturated carbocycles. The van der Waals surface area contributed by atoms with Gasteiger partial charge in [0.25, 0.3) is 0 Å². The summed E-state index contributed by atoms with van der Waals surface area (Å²) in [5, 5.41) is 1.03. The molecule has 2 aliphatic heterocycles. The third-order valence-electron chi connectivity index (χ3n) is 5.30. The lowest BCUT2D eigenvalue weighted by Crippen LogP contribution is -2.37. The minimum Gasteiger partial charge on any atom is -0.402 e. The van der Waals surface area contributed by atoms with Crippen molar-refractivity contribution in [3.8, 4) is 0 Å². The van der Waals surface area contributed by atoms with E-state index in [1.54, 1.807) is 6.08 Å². The molecule has 0 aliphatic carbocycles. The number of nitrogens with zero attached hydrogens (tertiary/aromatic N) is 3. The lowest BCUT2D eigenvalue weighted by Gasteiger charge is -2.29. The maximum atomic E-state index is 12.5. The van der Waals surface area contributed by atoms with E-state index < -0.39 is 5.97 Å². The number of aromatic nitrogens is 1. The molecule has 30 heavy (non-hydrogen) atoms. The molecule has 0 bridgehead atoms. The Balaban J connectivity index is 1.62. The van der Waals surface area contributed by atoms with Gasteiger partial charge in [0.05, 0.1) is 18.7 Å². The van der Waals surface area contributed by atoms with Crippen LogP contribution in [0.5, 0.6) is 0 Å². The molecule has 0 spiro atoms. The molecule has 0 N–H and O–H groups in total. The second-order valence-electron chi connectivity index (χ2n) is 7.35. The first-order valence-corrected chi connectivity index (χ1v) is 10.00. The van der Waals surface area contributed by atoms with Crippen molar-refractivity contribution in [1.29, 1.82) is 0 Å². The van der Waals surface area contributed by atoms with Crippen LogP contribution >= 0.6 is 0 Å². The minimum absolute atomic E-state index is 0.275. The predicted molar refractivity (Wildman–Crippen MR) is 117 cm³/mol. The topological polar surface area (TPSA) is 64.0 Å². The molecule has 2 aromatic carbocycles. The van der Waals surface area contributed by atoms with E-state index in [9.17, 15) is 4.79 Å². The molecule has 0 radical (unpaired) electrons. The molecule has 3 heterocycles. The number of ether oxygens (including phenoxy) is 2. The molecular formula is C24H21N3O3. The lowest BCUT2D eigenvalue weighted by molar-refractivity contribution is -0.129. The Hall–Kier alpha value is -3.51. The maximum Gasteiger partial charge on any atom is 0.363 e. The molecule has 0 amide bonds. The molecule has 0 atom stereocenters. The predicted octanol–water partition coefficient (Wildman–Crippen LogP) is 3.72. The van der Waals surface area contributed by atoms with Gasteiger partial charge < -0.3 is 14.4 Å². The number of fused-ring (bicyclic) bond motifs is 1. The summed E-state index contributed by atoms with van der Waals surface area (Å²) in [6, 6.07) is 17.6. The Kier molecular flexibility index (Phi) is 4.77. The summed E-state index contributed by atoms with van der Waals surface area (Å²) >= 11 is 0. The number of hydrogen-bond acceptors (Lipinski definition) is 6. The SMILES string of the molecule is Cc1cccc2cc(C=C3N=C(c4ccccc4)OC3=O)c(N3CCOCC3)nc12. The largest absolute Gasteiger partial charge is 0.402 e. The molecule has 6 heteroatoms. The van der Waals surface area contributed by atoms with Crippen LogP contribution in [0.25, 0.3) is 17.0 Å². The van der Waals surface area contributed by atoms with Gasteiger partial charge in [0.2, 0.25) is 5.90 Å². The highest BCUT2D eigenvalue weighted by atomic mass is 16.6. The average molecular weight is 399 g/mol. The number of pyridine rings is 1. The van der Waals surface area contributed by atoms with Crippen molar-refractivity contribution in [2.75, 3.05) is 31.2 Å². The summed E-state index contributed by atoms with van der Waals surface area (Å²) in [5.41, 5.74) is 3.97. The summed E-state index contributed by atoms with van der Waals surface area (Å²) in [7, 11) is 0. The first kappa shape index (κ1) is 18.5. The van der Waals surface area contributed by atoms with Gasteiger partial charge >= 0.3 is 5.97 Å². The molecule has 1 saturated heterocycles. The molecule has 5 rings (SSSR count). The van der Waals surface area contributed by atoms with Gasteiger partial charge in [-0.15, -0.1) is 0 Å². The molecule has 1 aromatic heterocycles. The number of aliphatic imine (C=N–C) groups is 1. The molecule has 2 aliphatic rings. The Morgan fingerprint density at radius 3 is 2.63 bits per heavy atom. The quantitative estimate of drug-likeness (QED) is 0.496. The Morgan fingerprint density at radius 2 is 1.83 bits per heavy atom. The van der Waals surface area contributed by atoms with Crippen molar-refractivity contribution in [3.63, 3.8) is 0 Å². The second-order valence-corrected chi connectivity index (χ2v) is 7.35. The van der Waals surface area contributed by atoms with E-state index in [1.807, 2.05) is 42.5 Å². The fourth-order valence-electron chi connectivity index (χ4n) is 3.75. The van der Waals surface area contributed by atoms with Crippen LogP contribution in [0.15, 0.2) is 65.3 Å². The van der Waals surface area contributed by atoms with Gasteiger partial charge in [0, 0.05) is 29.6 Å². The average Bonchev–Trinajstić information content (AvgIpc) is 3.15. The zero-order chi connectivity index (χ0) is 20.5. The van der Waals surface area contributed by atoms with E-state index in [2.05, 4.69) is 28.9 Å². The van der Waals surface area contributed by atoms with Gasteiger partial charge in [-0.2, -0.15) is 0 Å². The van der Waals surface area contributed by atoms with Crippen LogP contribution in [0.2, 0.25) is 0 Å². The Labute approximate surface area is 174 Å². The van der Waals surface area contributed by atoms with E-state index in [-0.39, 0.29) is 5.70 Å². The van der Waals surface area contributed by atoms with Gasteiger partial charge in [-0.25, -0.2) is 14.8 Å². The van der Waals surface area contributed by atoms with Gasteiger partial charge in [-0.1, -0.05) is 36.4 Å². The fraction of sp³-hybridized carbons (Fsp3) is 0.208. The lowest BCUT2D eigenvalue weighted by atomic mass is 10.1. The van der Waals surface area contributed by atoms with E-state index in [0.29, 0.717) is 19.1 Å². The highest BCUT2D eigenvalue weighted by Gasteiger charge is 2.25. The number of cyclic esters (lactones) is 1. The highest BCUT2D eigenvalue weighted by molar-refractivity contribution is 6.13. The smallest absolute Gasteiger partial charge is 0.363 e. The molecule has 150 valence electrons. The van der Waals surface area contributed by atoms with Crippen LogP contribution < -0.4 is 4.90 Å². The number of morpholine rings is 1. The molecule has 3 aromatic rings. The third-order valence-corrected chi connectivity index (χ3v) is 5.30. The van der Waals surface area contributed by atoms with Crippen LogP contribution in [0.4, 0.5) is 5.82 Å². The zero-order valence-electron chi connectivity index (χ0n) is 16.7. The monoisotopic (exact) mass is 399 g/mol. The number of carbonyl (C=O) groups excluding carboxylic acids is 1. The van der Waals surface area contributed by atoms with Gasteiger partial charge in [0.1, 0.15) is 5.82 Å². The summed E-state index contributed by atoms with van der Waals surface area (Å²) in [5.74, 6) is 0.708. The number of esters is 1. The molecular weight excluding hydrogens is 378 g/mol. The summed E-state index contributed by atoms with van der Waals surface area (Å²) in [6.45, 7) is 4.87. The molecule has 6 nitrogen and oxygen atoms in total. The van der Waals surface area contributed by atoms with Crippen LogP contribution in [0.1, 0.15) is 16.7 Å². The van der Waals surface area contributed by atoms with Crippen LogP contribution in [-0.2, 0) is 14.3 Å². The van der Waals surface area contributed by atoms with E-state index in [4.69, 9.17) is 14.5 Å². The van der Waals surface area contributed by atoms with Gasteiger partial charge in [-0.05, 0) is 36.8 Å². The van der Waals surface area contributed by atoms with E-state index in [1.165, 1.54) is 0 Å². The number of para-hydroxylation sites is 1. The Morgan fingerprint density at radius 1 is 1.03 bits per heavy atom. The summed E-state index contributed by atoms with van der Waals surface area (Å²) in [4.78, 5) is 24.1. The highest BCUT2D eigenvalue weighted by Crippen LogP contribution is 2.29. The standard InChI is InChI=1S/C24H21N3O3/c1-16-6-5-9-18-14-19(22(26-21(16)18)27-10-12-29-13-11-27)15-20-24(28)30-23(25-20)17-7-3-2-4-8-17/h2-9,14-15H,10-13H2,1H3. The maximum absolute atomic E-state index is 12.5. The molecule has 0 unspecified atom stereocenters.